The van der Waals surface area contributed by atoms with Crippen LogP contribution in [0.5, 0.6) is 11.5 Å². The molecule has 0 heterocycles. The second kappa shape index (κ2) is 6.56. The second-order valence-electron chi connectivity index (χ2n) is 5.59. The van der Waals surface area contributed by atoms with Crippen molar-refractivity contribution in [2.75, 3.05) is 0 Å². The molecule has 0 amide bonds. The van der Waals surface area contributed by atoms with Gasteiger partial charge in [-0.05, 0) is 24.5 Å². The summed E-state index contributed by atoms with van der Waals surface area (Å²) in [5.41, 5.74) is -0.833. The molecule has 0 fully saturated rings. The summed E-state index contributed by atoms with van der Waals surface area (Å²) in [5.74, 6) is -2.02. The Bertz CT molecular complexity index is 672. The van der Waals surface area contributed by atoms with E-state index in [4.69, 9.17) is 4.74 Å². The highest BCUT2D eigenvalue weighted by atomic mass is 19.4. The van der Waals surface area contributed by atoms with Gasteiger partial charge in [0, 0.05) is 23.8 Å². The Morgan fingerprint density at radius 3 is 2.13 bits per heavy atom. The fourth-order valence-electron chi connectivity index (χ4n) is 2.26. The lowest BCUT2D eigenvalue weighted by atomic mass is 9.96. The van der Waals surface area contributed by atoms with E-state index >= 15 is 0 Å². The van der Waals surface area contributed by atoms with E-state index in [-0.39, 0.29) is 29.4 Å². The zero-order valence-electron chi connectivity index (χ0n) is 12.5. The second-order valence-corrected chi connectivity index (χ2v) is 5.59. The molecular weight excluding hydrogens is 315 g/mol. The molecule has 0 N–H and O–H groups in total. The molecule has 6 heteroatoms. The molecule has 0 aliphatic rings. The first-order chi connectivity index (χ1) is 10.7. The summed E-state index contributed by atoms with van der Waals surface area (Å²) >= 11 is 0. The minimum Gasteiger partial charge on any atom is -0.457 e. The molecule has 2 aromatic rings. The smallest absolute Gasteiger partial charge is 0.416 e. The number of hydrogen-bond acceptors (Lipinski definition) is 1. The third-order valence-electron chi connectivity index (χ3n) is 3.11. The molecule has 0 saturated carbocycles. The minimum absolute atomic E-state index is 0.0281. The van der Waals surface area contributed by atoms with Gasteiger partial charge in [-0.1, -0.05) is 19.9 Å². The van der Waals surface area contributed by atoms with E-state index in [9.17, 15) is 22.0 Å². The van der Waals surface area contributed by atoms with Gasteiger partial charge in [-0.2, -0.15) is 13.2 Å². The first-order valence-corrected chi connectivity index (χ1v) is 7.00. The van der Waals surface area contributed by atoms with Gasteiger partial charge in [0.05, 0.1) is 5.56 Å². The maximum absolute atomic E-state index is 13.2. The number of rotatable bonds is 4. The zero-order valence-corrected chi connectivity index (χ0v) is 12.5. The average Bonchev–Trinajstić information content (AvgIpc) is 2.37. The average molecular weight is 330 g/mol. The largest absolute Gasteiger partial charge is 0.457 e. The molecule has 0 aromatic heterocycles. The molecule has 0 atom stereocenters. The number of ether oxygens (including phenoxy) is 1. The van der Waals surface area contributed by atoms with Crippen molar-refractivity contribution in [3.05, 3.63) is 59.2 Å². The van der Waals surface area contributed by atoms with Crippen molar-refractivity contribution >= 4 is 0 Å². The van der Waals surface area contributed by atoms with Crippen LogP contribution in [-0.4, -0.2) is 0 Å². The normalized spacial score (nSPS) is 11.8. The van der Waals surface area contributed by atoms with Gasteiger partial charge < -0.3 is 4.74 Å². The van der Waals surface area contributed by atoms with Gasteiger partial charge in [0.25, 0.3) is 0 Å². The van der Waals surface area contributed by atoms with Crippen molar-refractivity contribution in [2.45, 2.75) is 26.4 Å². The highest BCUT2D eigenvalue weighted by Gasteiger charge is 2.34. The molecule has 0 bridgehead atoms. The molecule has 0 unspecified atom stereocenters. The Balaban J connectivity index is 2.48. The molecule has 0 spiro atoms. The van der Waals surface area contributed by atoms with Crippen LogP contribution in [0.15, 0.2) is 36.4 Å². The van der Waals surface area contributed by atoms with Crippen molar-refractivity contribution in [3.8, 4) is 11.5 Å². The molecule has 2 aromatic carbocycles. The predicted octanol–water partition coefficient (Wildman–Crippen LogP) is 5.97. The van der Waals surface area contributed by atoms with Crippen LogP contribution >= 0.6 is 0 Å². The van der Waals surface area contributed by atoms with Crippen molar-refractivity contribution < 1.29 is 26.7 Å². The molecule has 124 valence electrons. The van der Waals surface area contributed by atoms with Crippen LogP contribution in [0.4, 0.5) is 22.0 Å². The topological polar surface area (TPSA) is 9.23 Å². The van der Waals surface area contributed by atoms with E-state index in [1.807, 2.05) is 0 Å². The van der Waals surface area contributed by atoms with E-state index in [2.05, 4.69) is 0 Å². The van der Waals surface area contributed by atoms with E-state index in [1.54, 1.807) is 13.8 Å². The van der Waals surface area contributed by atoms with Gasteiger partial charge in [0.1, 0.15) is 23.1 Å². The van der Waals surface area contributed by atoms with Gasteiger partial charge in [0.2, 0.25) is 0 Å². The summed E-state index contributed by atoms with van der Waals surface area (Å²) in [7, 11) is 0. The molecule has 1 nitrogen and oxygen atoms in total. The van der Waals surface area contributed by atoms with Crippen LogP contribution in [0.25, 0.3) is 0 Å². The third-order valence-corrected chi connectivity index (χ3v) is 3.11. The van der Waals surface area contributed by atoms with Crippen molar-refractivity contribution in [1.82, 2.24) is 0 Å². The van der Waals surface area contributed by atoms with Crippen molar-refractivity contribution in [2.24, 2.45) is 5.92 Å². The van der Waals surface area contributed by atoms with Crippen molar-refractivity contribution in [3.63, 3.8) is 0 Å². The molecule has 0 radical (unpaired) electrons. The zero-order chi connectivity index (χ0) is 17.2. The highest BCUT2D eigenvalue weighted by Crippen LogP contribution is 2.38. The fraction of sp³-hybridized carbons (Fsp3) is 0.294. The number of benzene rings is 2. The van der Waals surface area contributed by atoms with Crippen LogP contribution in [-0.2, 0) is 12.6 Å². The molecule has 0 aliphatic carbocycles. The molecule has 2 rings (SSSR count). The summed E-state index contributed by atoms with van der Waals surface area (Å²) in [5, 5.41) is 0. The Morgan fingerprint density at radius 2 is 1.61 bits per heavy atom. The molecule has 0 saturated heterocycles. The quantitative estimate of drug-likeness (QED) is 0.627. The Hall–Kier alpha value is -2.11. The molecular formula is C17H15F5O. The predicted molar refractivity (Wildman–Crippen MR) is 76.4 cm³/mol. The van der Waals surface area contributed by atoms with Crippen LogP contribution in [0.3, 0.4) is 0 Å². The van der Waals surface area contributed by atoms with Crippen molar-refractivity contribution in [1.29, 1.82) is 0 Å². The monoisotopic (exact) mass is 330 g/mol. The lowest BCUT2D eigenvalue weighted by Gasteiger charge is -2.18. The third kappa shape index (κ3) is 4.43. The fourth-order valence-corrected chi connectivity index (χ4v) is 2.26. The van der Waals surface area contributed by atoms with Crippen LogP contribution in [0.2, 0.25) is 0 Å². The summed E-state index contributed by atoms with van der Waals surface area (Å²) in [6, 6.07) is 6.03. The van der Waals surface area contributed by atoms with E-state index in [1.165, 1.54) is 12.1 Å². The number of halogens is 5. The summed E-state index contributed by atoms with van der Waals surface area (Å²) in [4.78, 5) is 0. The van der Waals surface area contributed by atoms with Gasteiger partial charge in [-0.3, -0.25) is 0 Å². The number of alkyl halides is 3. The van der Waals surface area contributed by atoms with Crippen LogP contribution in [0.1, 0.15) is 25.0 Å². The van der Waals surface area contributed by atoms with E-state index < -0.39 is 23.4 Å². The Labute approximate surface area is 130 Å². The maximum atomic E-state index is 13.2. The summed E-state index contributed by atoms with van der Waals surface area (Å²) in [6.45, 7) is 3.55. The molecule has 23 heavy (non-hydrogen) atoms. The first-order valence-electron chi connectivity index (χ1n) is 7.00. The van der Waals surface area contributed by atoms with Gasteiger partial charge >= 0.3 is 6.18 Å². The lowest BCUT2D eigenvalue weighted by molar-refractivity contribution is -0.138. The number of hydrogen-bond donors (Lipinski definition) is 0. The van der Waals surface area contributed by atoms with Crippen LogP contribution in [0, 0.1) is 17.6 Å². The van der Waals surface area contributed by atoms with Gasteiger partial charge in [-0.15, -0.1) is 0 Å². The van der Waals surface area contributed by atoms with Gasteiger partial charge in [0.15, 0.2) is 0 Å². The molecule has 0 aliphatic heterocycles. The van der Waals surface area contributed by atoms with E-state index in [0.29, 0.717) is 6.07 Å². The Morgan fingerprint density at radius 1 is 1.00 bits per heavy atom. The maximum Gasteiger partial charge on any atom is 0.416 e. The first kappa shape index (κ1) is 17.2. The van der Waals surface area contributed by atoms with Gasteiger partial charge in [-0.25, -0.2) is 8.78 Å². The Kier molecular flexibility index (Phi) is 4.92. The SMILES string of the molecule is CC(C)Cc1c(Oc2cc(F)cc(F)c2)cccc1C(F)(F)F. The minimum atomic E-state index is -4.53. The summed E-state index contributed by atoms with van der Waals surface area (Å²) < 4.78 is 71.3. The summed E-state index contributed by atoms with van der Waals surface area (Å²) in [6.07, 6.45) is -4.40. The standard InChI is InChI=1S/C17H15F5O/c1-10(2)6-14-15(17(20,21)22)4-3-5-16(14)23-13-8-11(18)7-12(19)9-13/h3-5,7-10H,6H2,1-2H3. The lowest BCUT2D eigenvalue weighted by Crippen LogP contribution is -2.12. The van der Waals surface area contributed by atoms with Crippen LogP contribution < -0.4 is 4.74 Å². The van der Waals surface area contributed by atoms with E-state index in [0.717, 1.165) is 18.2 Å². The highest BCUT2D eigenvalue weighted by molar-refractivity contribution is 5.44.